The average molecular weight is 220 g/mol. The molecule has 0 fully saturated rings. The summed E-state index contributed by atoms with van der Waals surface area (Å²) in [4.78, 5) is 4.03. The van der Waals surface area contributed by atoms with Gasteiger partial charge in [0.25, 0.3) is 0 Å². The van der Waals surface area contributed by atoms with Gasteiger partial charge in [-0.05, 0) is 13.0 Å². The molecule has 2 N–H and O–H groups in total. The fraction of sp³-hybridized carbons (Fsp3) is 0.417. The Bertz CT molecular complexity index is 369. The topological polar surface area (TPSA) is 57.4 Å². The maximum absolute atomic E-state index is 5.44. The molecule has 0 amide bonds. The summed E-state index contributed by atoms with van der Waals surface area (Å²) in [5.41, 5.74) is 6.09. The quantitative estimate of drug-likeness (QED) is 0.589. The molecule has 86 valence electrons. The summed E-state index contributed by atoms with van der Waals surface area (Å²) in [6.45, 7) is 4.09. The van der Waals surface area contributed by atoms with E-state index in [2.05, 4.69) is 16.8 Å². The smallest absolute Gasteiger partial charge is 0.138 e. The molecule has 0 saturated carbocycles. The lowest BCUT2D eigenvalue weighted by atomic mass is 10.3. The van der Waals surface area contributed by atoms with Crippen molar-refractivity contribution in [2.24, 2.45) is 5.73 Å². The lowest BCUT2D eigenvalue weighted by molar-refractivity contribution is 0.110. The number of hydrogen-bond acceptors (Lipinski definition) is 4. The van der Waals surface area contributed by atoms with Crippen LogP contribution in [0.25, 0.3) is 0 Å². The Hall–Kier alpha value is -1.57. The Morgan fingerprint density at radius 1 is 1.38 bits per heavy atom. The second kappa shape index (κ2) is 7.69. The van der Waals surface area contributed by atoms with Crippen molar-refractivity contribution in [3.63, 3.8) is 0 Å². The molecule has 0 aliphatic heterocycles. The van der Waals surface area contributed by atoms with Crippen LogP contribution in [0.3, 0.4) is 0 Å². The van der Waals surface area contributed by atoms with Gasteiger partial charge in [-0.1, -0.05) is 11.8 Å². The van der Waals surface area contributed by atoms with Gasteiger partial charge in [0, 0.05) is 18.4 Å². The van der Waals surface area contributed by atoms with Crippen LogP contribution in [-0.2, 0) is 4.74 Å². The van der Waals surface area contributed by atoms with Crippen molar-refractivity contribution in [1.82, 2.24) is 4.98 Å². The van der Waals surface area contributed by atoms with Crippen molar-refractivity contribution in [1.29, 1.82) is 0 Å². The predicted octanol–water partition coefficient (Wildman–Crippen LogP) is 0.807. The Morgan fingerprint density at radius 3 is 3.00 bits per heavy atom. The molecule has 1 aromatic rings. The molecule has 0 spiro atoms. The molecular formula is C12H16N2O2. The first-order chi connectivity index (χ1) is 7.86. The molecule has 0 aliphatic rings. The summed E-state index contributed by atoms with van der Waals surface area (Å²) in [6.07, 6.45) is 3.33. The second-order valence-corrected chi connectivity index (χ2v) is 2.96. The van der Waals surface area contributed by atoms with Crippen LogP contribution in [0.1, 0.15) is 12.5 Å². The summed E-state index contributed by atoms with van der Waals surface area (Å²) in [6, 6.07) is 1.83. The molecule has 0 radical (unpaired) electrons. The van der Waals surface area contributed by atoms with Crippen molar-refractivity contribution >= 4 is 0 Å². The Morgan fingerprint density at radius 2 is 2.25 bits per heavy atom. The van der Waals surface area contributed by atoms with Crippen LogP contribution < -0.4 is 10.5 Å². The van der Waals surface area contributed by atoms with E-state index in [1.165, 1.54) is 0 Å². The number of nitrogens with zero attached hydrogens (tertiary/aromatic N) is 1. The maximum Gasteiger partial charge on any atom is 0.138 e. The van der Waals surface area contributed by atoms with Crippen LogP contribution in [0.2, 0.25) is 0 Å². The summed E-state index contributed by atoms with van der Waals surface area (Å²) in [7, 11) is 0. The van der Waals surface area contributed by atoms with E-state index in [1.807, 2.05) is 13.0 Å². The first kappa shape index (κ1) is 12.5. The van der Waals surface area contributed by atoms with Gasteiger partial charge in [-0.2, -0.15) is 0 Å². The molecule has 0 aliphatic carbocycles. The highest BCUT2D eigenvalue weighted by Crippen LogP contribution is 2.09. The molecule has 0 aromatic carbocycles. The number of ether oxygens (including phenoxy) is 2. The van der Waals surface area contributed by atoms with Crippen molar-refractivity contribution in [3.05, 3.63) is 24.0 Å². The van der Waals surface area contributed by atoms with Gasteiger partial charge in [0.15, 0.2) is 0 Å². The van der Waals surface area contributed by atoms with Crippen molar-refractivity contribution in [2.45, 2.75) is 6.92 Å². The van der Waals surface area contributed by atoms with E-state index in [0.29, 0.717) is 32.1 Å². The van der Waals surface area contributed by atoms with E-state index < -0.39 is 0 Å². The van der Waals surface area contributed by atoms with Crippen LogP contribution >= 0.6 is 0 Å². The summed E-state index contributed by atoms with van der Waals surface area (Å²) >= 11 is 0. The molecule has 1 rings (SSSR count). The average Bonchev–Trinajstić information content (AvgIpc) is 2.33. The molecule has 4 heteroatoms. The molecule has 16 heavy (non-hydrogen) atoms. The number of aromatic nitrogens is 1. The number of pyridine rings is 1. The zero-order valence-corrected chi connectivity index (χ0v) is 9.40. The van der Waals surface area contributed by atoms with Gasteiger partial charge in [0.1, 0.15) is 12.4 Å². The number of nitrogens with two attached hydrogens (primary N) is 1. The molecule has 0 unspecified atom stereocenters. The molecular weight excluding hydrogens is 204 g/mol. The fourth-order valence-corrected chi connectivity index (χ4v) is 1.08. The minimum atomic E-state index is 0.343. The van der Waals surface area contributed by atoms with Gasteiger partial charge < -0.3 is 15.2 Å². The van der Waals surface area contributed by atoms with E-state index in [0.717, 1.165) is 5.56 Å². The fourth-order valence-electron chi connectivity index (χ4n) is 1.08. The minimum Gasteiger partial charge on any atom is -0.490 e. The number of rotatable bonds is 5. The standard InChI is InChI=1S/C12H16N2O2/c1-2-15-6-7-16-12-8-11(4-3-5-13)9-14-10-12/h8-10H,2,5-7,13H2,1H3. The first-order valence-electron chi connectivity index (χ1n) is 5.21. The van der Waals surface area contributed by atoms with Gasteiger partial charge in [-0.15, -0.1) is 0 Å². The molecule has 0 saturated heterocycles. The summed E-state index contributed by atoms with van der Waals surface area (Å²) in [5.74, 6) is 6.36. The Labute approximate surface area is 95.8 Å². The highest BCUT2D eigenvalue weighted by atomic mass is 16.5. The summed E-state index contributed by atoms with van der Waals surface area (Å²) in [5, 5.41) is 0. The normalized spacial score (nSPS) is 9.38. The van der Waals surface area contributed by atoms with Crippen LogP contribution in [0.4, 0.5) is 0 Å². The van der Waals surface area contributed by atoms with E-state index in [-0.39, 0.29) is 0 Å². The Kier molecular flexibility index (Phi) is 6.00. The van der Waals surface area contributed by atoms with Crippen molar-refractivity contribution in [3.8, 4) is 17.6 Å². The van der Waals surface area contributed by atoms with E-state index >= 15 is 0 Å². The third-order valence-corrected chi connectivity index (χ3v) is 1.75. The third kappa shape index (κ3) is 4.78. The highest BCUT2D eigenvalue weighted by Gasteiger charge is 1.95. The van der Waals surface area contributed by atoms with Gasteiger partial charge in [-0.3, -0.25) is 4.98 Å². The van der Waals surface area contributed by atoms with Crippen LogP contribution in [0.5, 0.6) is 5.75 Å². The monoisotopic (exact) mass is 220 g/mol. The molecule has 4 nitrogen and oxygen atoms in total. The van der Waals surface area contributed by atoms with E-state index in [1.54, 1.807) is 12.4 Å². The zero-order chi connectivity index (χ0) is 11.6. The summed E-state index contributed by atoms with van der Waals surface area (Å²) < 4.78 is 10.6. The molecule has 0 bridgehead atoms. The van der Waals surface area contributed by atoms with Crippen LogP contribution in [-0.4, -0.2) is 31.3 Å². The van der Waals surface area contributed by atoms with Gasteiger partial charge in [0.05, 0.1) is 19.3 Å². The van der Waals surface area contributed by atoms with E-state index in [9.17, 15) is 0 Å². The van der Waals surface area contributed by atoms with Gasteiger partial charge in [0.2, 0.25) is 0 Å². The largest absolute Gasteiger partial charge is 0.490 e. The van der Waals surface area contributed by atoms with Gasteiger partial charge >= 0.3 is 0 Å². The maximum atomic E-state index is 5.44. The van der Waals surface area contributed by atoms with Crippen molar-refractivity contribution < 1.29 is 9.47 Å². The highest BCUT2D eigenvalue weighted by molar-refractivity contribution is 5.36. The molecule has 1 aromatic heterocycles. The zero-order valence-electron chi connectivity index (χ0n) is 9.40. The van der Waals surface area contributed by atoms with Crippen LogP contribution in [0.15, 0.2) is 18.5 Å². The second-order valence-electron chi connectivity index (χ2n) is 2.96. The van der Waals surface area contributed by atoms with Gasteiger partial charge in [-0.25, -0.2) is 0 Å². The SMILES string of the molecule is CCOCCOc1cncc(C#CCN)c1. The Balaban J connectivity index is 2.47. The van der Waals surface area contributed by atoms with Crippen LogP contribution in [0, 0.1) is 11.8 Å². The predicted molar refractivity (Wildman–Crippen MR) is 62.2 cm³/mol. The van der Waals surface area contributed by atoms with Crippen molar-refractivity contribution in [2.75, 3.05) is 26.4 Å². The lowest BCUT2D eigenvalue weighted by Crippen LogP contribution is -2.06. The molecule has 1 heterocycles. The lowest BCUT2D eigenvalue weighted by Gasteiger charge is -2.05. The number of hydrogen-bond donors (Lipinski definition) is 1. The first-order valence-corrected chi connectivity index (χ1v) is 5.21. The third-order valence-electron chi connectivity index (χ3n) is 1.75. The minimum absolute atomic E-state index is 0.343. The molecule has 0 atom stereocenters. The van der Waals surface area contributed by atoms with E-state index in [4.69, 9.17) is 15.2 Å².